The third-order valence-electron chi connectivity index (χ3n) is 2.39. The van der Waals surface area contributed by atoms with Crippen LogP contribution in [0.25, 0.3) is 0 Å². The standard InChI is InChI=1S/C11H10ClFN2O3S/c12-8-3-9(13)10(14)4-11(8)19(16,17)15-5-7-1-2-18-6-7/h1-4,6,15H,5,14H2. The van der Waals surface area contributed by atoms with Gasteiger partial charge in [0.25, 0.3) is 0 Å². The molecule has 8 heteroatoms. The fourth-order valence-electron chi connectivity index (χ4n) is 1.40. The molecule has 0 unspecified atom stereocenters. The Morgan fingerprint density at radius 1 is 1.42 bits per heavy atom. The summed E-state index contributed by atoms with van der Waals surface area (Å²) in [6, 6.07) is 3.46. The van der Waals surface area contributed by atoms with Crippen LogP contribution in [0.5, 0.6) is 0 Å². The molecule has 2 aromatic rings. The van der Waals surface area contributed by atoms with E-state index < -0.39 is 15.8 Å². The van der Waals surface area contributed by atoms with Crippen molar-refractivity contribution in [3.63, 3.8) is 0 Å². The normalized spacial score (nSPS) is 11.7. The predicted molar refractivity (Wildman–Crippen MR) is 68.6 cm³/mol. The van der Waals surface area contributed by atoms with Crippen LogP contribution in [-0.2, 0) is 16.6 Å². The Balaban J connectivity index is 2.27. The topological polar surface area (TPSA) is 85.3 Å². The highest BCUT2D eigenvalue weighted by atomic mass is 35.5. The van der Waals surface area contributed by atoms with Crippen LogP contribution in [0.15, 0.2) is 40.0 Å². The Kier molecular flexibility index (Phi) is 3.79. The third-order valence-corrected chi connectivity index (χ3v) is 4.25. The number of anilines is 1. The lowest BCUT2D eigenvalue weighted by atomic mass is 10.3. The largest absolute Gasteiger partial charge is 0.472 e. The Labute approximate surface area is 114 Å². The molecule has 19 heavy (non-hydrogen) atoms. The second kappa shape index (κ2) is 5.20. The molecule has 0 fully saturated rings. The molecule has 1 heterocycles. The Bertz CT molecular complexity index is 686. The van der Waals surface area contributed by atoms with E-state index in [1.165, 1.54) is 12.5 Å². The highest BCUT2D eigenvalue weighted by Crippen LogP contribution is 2.26. The van der Waals surface area contributed by atoms with Crippen molar-refractivity contribution in [3.05, 3.63) is 47.1 Å². The van der Waals surface area contributed by atoms with E-state index in [9.17, 15) is 12.8 Å². The molecule has 1 aromatic carbocycles. The highest BCUT2D eigenvalue weighted by molar-refractivity contribution is 7.89. The molecule has 0 saturated carbocycles. The van der Waals surface area contributed by atoms with Crippen LogP contribution in [-0.4, -0.2) is 8.42 Å². The van der Waals surface area contributed by atoms with Gasteiger partial charge < -0.3 is 10.2 Å². The van der Waals surface area contributed by atoms with Crippen LogP contribution >= 0.6 is 11.6 Å². The molecule has 0 aliphatic carbocycles. The molecular formula is C11H10ClFN2O3S. The maximum atomic E-state index is 13.1. The fraction of sp³-hybridized carbons (Fsp3) is 0.0909. The summed E-state index contributed by atoms with van der Waals surface area (Å²) < 4.78 is 44.3. The van der Waals surface area contributed by atoms with E-state index in [-0.39, 0.29) is 22.2 Å². The van der Waals surface area contributed by atoms with E-state index in [1.807, 2.05) is 0 Å². The zero-order valence-electron chi connectivity index (χ0n) is 9.56. The number of nitrogen functional groups attached to an aromatic ring is 1. The van der Waals surface area contributed by atoms with Crippen molar-refractivity contribution in [1.29, 1.82) is 0 Å². The molecule has 102 valence electrons. The van der Waals surface area contributed by atoms with Crippen LogP contribution in [0.3, 0.4) is 0 Å². The maximum Gasteiger partial charge on any atom is 0.242 e. The maximum absolute atomic E-state index is 13.1. The molecule has 1 aromatic heterocycles. The highest BCUT2D eigenvalue weighted by Gasteiger charge is 2.20. The van der Waals surface area contributed by atoms with Gasteiger partial charge >= 0.3 is 0 Å². The van der Waals surface area contributed by atoms with Gasteiger partial charge in [-0.25, -0.2) is 17.5 Å². The molecule has 0 aliphatic heterocycles. The Hall–Kier alpha value is -1.57. The van der Waals surface area contributed by atoms with E-state index in [1.54, 1.807) is 6.07 Å². The van der Waals surface area contributed by atoms with Gasteiger partial charge in [0.1, 0.15) is 10.7 Å². The first-order valence-corrected chi connectivity index (χ1v) is 7.01. The van der Waals surface area contributed by atoms with E-state index in [0.29, 0.717) is 5.56 Å². The van der Waals surface area contributed by atoms with Crippen molar-refractivity contribution in [1.82, 2.24) is 4.72 Å². The molecule has 3 N–H and O–H groups in total. The molecule has 0 saturated heterocycles. The number of benzene rings is 1. The van der Waals surface area contributed by atoms with Gasteiger partial charge in [-0.2, -0.15) is 0 Å². The lowest BCUT2D eigenvalue weighted by Gasteiger charge is -2.08. The summed E-state index contributed by atoms with van der Waals surface area (Å²) in [6.07, 6.45) is 2.83. The van der Waals surface area contributed by atoms with Gasteiger partial charge in [-0.15, -0.1) is 0 Å². The third kappa shape index (κ3) is 3.06. The van der Waals surface area contributed by atoms with Crippen LogP contribution in [0, 0.1) is 5.82 Å². The van der Waals surface area contributed by atoms with E-state index in [4.69, 9.17) is 21.8 Å². The van der Waals surface area contributed by atoms with E-state index in [2.05, 4.69) is 4.72 Å². The lowest BCUT2D eigenvalue weighted by Crippen LogP contribution is -2.23. The van der Waals surface area contributed by atoms with Crippen LogP contribution in [0.4, 0.5) is 10.1 Å². The number of hydrogen-bond donors (Lipinski definition) is 2. The molecule has 2 rings (SSSR count). The zero-order valence-corrected chi connectivity index (χ0v) is 11.1. The summed E-state index contributed by atoms with van der Waals surface area (Å²) in [7, 11) is -3.88. The molecular weight excluding hydrogens is 295 g/mol. The first-order valence-electron chi connectivity index (χ1n) is 5.15. The molecule has 0 bridgehead atoms. The quantitative estimate of drug-likeness (QED) is 0.847. The molecule has 0 atom stereocenters. The Morgan fingerprint density at radius 3 is 2.79 bits per heavy atom. The minimum atomic E-state index is -3.88. The van der Waals surface area contributed by atoms with Crippen LogP contribution in [0.1, 0.15) is 5.56 Å². The average Bonchev–Trinajstić information content (AvgIpc) is 2.84. The summed E-state index contributed by atoms with van der Waals surface area (Å²) in [5, 5.41) is -0.230. The number of nitrogens with one attached hydrogen (secondary N) is 1. The summed E-state index contributed by atoms with van der Waals surface area (Å²) >= 11 is 5.71. The SMILES string of the molecule is Nc1cc(S(=O)(=O)NCc2ccoc2)c(Cl)cc1F. The van der Waals surface area contributed by atoms with Crippen molar-refractivity contribution < 1.29 is 17.2 Å². The number of nitrogens with two attached hydrogens (primary N) is 1. The van der Waals surface area contributed by atoms with Gasteiger partial charge in [-0.05, 0) is 18.2 Å². The summed E-state index contributed by atoms with van der Waals surface area (Å²) in [5.74, 6) is -0.765. The summed E-state index contributed by atoms with van der Waals surface area (Å²) in [5.41, 5.74) is 5.70. The minimum Gasteiger partial charge on any atom is -0.472 e. The van der Waals surface area contributed by atoms with Crippen molar-refractivity contribution in [2.24, 2.45) is 0 Å². The molecule has 0 amide bonds. The molecule has 0 radical (unpaired) electrons. The fourth-order valence-corrected chi connectivity index (χ4v) is 2.97. The van der Waals surface area contributed by atoms with Gasteiger partial charge in [-0.3, -0.25) is 0 Å². The number of sulfonamides is 1. The minimum absolute atomic E-state index is 0.0342. The zero-order chi connectivity index (χ0) is 14.0. The van der Waals surface area contributed by atoms with E-state index in [0.717, 1.165) is 12.1 Å². The van der Waals surface area contributed by atoms with Crippen LogP contribution < -0.4 is 10.5 Å². The Morgan fingerprint density at radius 2 is 2.16 bits per heavy atom. The monoisotopic (exact) mass is 304 g/mol. The lowest BCUT2D eigenvalue weighted by molar-refractivity contribution is 0.561. The number of furan rings is 1. The molecule has 0 spiro atoms. The van der Waals surface area contributed by atoms with Gasteiger partial charge in [0, 0.05) is 12.1 Å². The molecule has 0 aliphatic rings. The van der Waals surface area contributed by atoms with Crippen molar-refractivity contribution in [3.8, 4) is 0 Å². The van der Waals surface area contributed by atoms with Crippen LogP contribution in [0.2, 0.25) is 5.02 Å². The van der Waals surface area contributed by atoms with Gasteiger partial charge in [0.05, 0.1) is 23.2 Å². The number of rotatable bonds is 4. The van der Waals surface area contributed by atoms with Crippen molar-refractivity contribution in [2.45, 2.75) is 11.4 Å². The van der Waals surface area contributed by atoms with Gasteiger partial charge in [-0.1, -0.05) is 11.6 Å². The molecule has 5 nitrogen and oxygen atoms in total. The number of halogens is 2. The summed E-state index contributed by atoms with van der Waals surface area (Å²) in [4.78, 5) is -0.267. The van der Waals surface area contributed by atoms with Crippen molar-refractivity contribution >= 4 is 27.3 Å². The average molecular weight is 305 g/mol. The second-order valence-electron chi connectivity index (χ2n) is 3.76. The first-order chi connectivity index (χ1) is 8.90. The van der Waals surface area contributed by atoms with Crippen molar-refractivity contribution in [2.75, 3.05) is 5.73 Å². The summed E-state index contributed by atoms with van der Waals surface area (Å²) in [6.45, 7) is 0.0342. The first kappa shape index (κ1) is 13.9. The second-order valence-corrected chi connectivity index (χ2v) is 5.90. The van der Waals surface area contributed by atoms with Gasteiger partial charge in [0.2, 0.25) is 10.0 Å². The number of hydrogen-bond acceptors (Lipinski definition) is 4. The van der Waals surface area contributed by atoms with E-state index >= 15 is 0 Å². The smallest absolute Gasteiger partial charge is 0.242 e. The van der Waals surface area contributed by atoms with Gasteiger partial charge in [0.15, 0.2) is 0 Å². The predicted octanol–water partition coefficient (Wildman–Crippen LogP) is 2.13.